The van der Waals surface area contributed by atoms with E-state index in [2.05, 4.69) is 9.80 Å². The van der Waals surface area contributed by atoms with Gasteiger partial charge in [-0.25, -0.2) is 9.29 Å². The second kappa shape index (κ2) is 9.03. The molecule has 2 fully saturated rings. The summed E-state index contributed by atoms with van der Waals surface area (Å²) in [6.45, 7) is 2.77. The van der Waals surface area contributed by atoms with Gasteiger partial charge in [0.1, 0.15) is 17.3 Å². The van der Waals surface area contributed by atoms with Crippen LogP contribution in [0.1, 0.15) is 6.42 Å². The van der Waals surface area contributed by atoms with E-state index in [1.165, 1.54) is 17.0 Å². The highest BCUT2D eigenvalue weighted by molar-refractivity contribution is 6.22. The van der Waals surface area contributed by atoms with Crippen molar-refractivity contribution in [2.24, 2.45) is 0 Å². The molecule has 2 saturated heterocycles. The van der Waals surface area contributed by atoms with Gasteiger partial charge in [0.15, 0.2) is 0 Å². The molecule has 0 unspecified atom stereocenters. The van der Waals surface area contributed by atoms with Crippen LogP contribution in [-0.2, 0) is 9.59 Å². The van der Waals surface area contributed by atoms with E-state index in [9.17, 15) is 14.0 Å². The molecule has 6 nitrogen and oxygen atoms in total. The van der Waals surface area contributed by atoms with Crippen LogP contribution in [-0.4, -0.2) is 48.9 Å². The fraction of sp³-hybridized carbons (Fsp3) is 0.231. The van der Waals surface area contributed by atoms with Gasteiger partial charge >= 0.3 is 0 Å². The minimum absolute atomic E-state index is 0.178. The van der Waals surface area contributed by atoms with Crippen molar-refractivity contribution in [3.05, 3.63) is 84.7 Å². The maximum atomic E-state index is 13.2. The Balaban J connectivity index is 1.22. The standard InChI is InChI=1S/C26H24FN3O3/c27-19-6-8-20(9-7-19)28-14-16-29(17-15-28)24-18-25(31)30(26(24)32)21-10-12-23(13-11-21)33-22-4-2-1-3-5-22/h1-13,24H,14-18H2/t24-/m1/s1. The summed E-state index contributed by atoms with van der Waals surface area (Å²) in [5.41, 5.74) is 1.52. The lowest BCUT2D eigenvalue weighted by Crippen LogP contribution is -2.52. The number of carbonyl (C=O) groups excluding carboxylic acids is 2. The second-order valence-corrected chi connectivity index (χ2v) is 8.20. The molecule has 0 bridgehead atoms. The van der Waals surface area contributed by atoms with Crippen LogP contribution in [0.3, 0.4) is 0 Å². The molecule has 0 N–H and O–H groups in total. The molecule has 0 radical (unpaired) electrons. The minimum Gasteiger partial charge on any atom is -0.457 e. The van der Waals surface area contributed by atoms with Gasteiger partial charge < -0.3 is 9.64 Å². The Kier molecular flexibility index (Phi) is 5.79. The zero-order chi connectivity index (χ0) is 22.8. The summed E-state index contributed by atoms with van der Waals surface area (Å²) in [6, 6.07) is 22.4. The minimum atomic E-state index is -0.451. The summed E-state index contributed by atoms with van der Waals surface area (Å²) in [7, 11) is 0. The third-order valence-corrected chi connectivity index (χ3v) is 6.14. The summed E-state index contributed by atoms with van der Waals surface area (Å²) in [6.07, 6.45) is 0.178. The van der Waals surface area contributed by atoms with E-state index in [1.54, 1.807) is 36.4 Å². The first-order chi connectivity index (χ1) is 16.1. The predicted octanol–water partition coefficient (Wildman–Crippen LogP) is 4.07. The number of carbonyl (C=O) groups is 2. The molecule has 3 aromatic rings. The van der Waals surface area contributed by atoms with Crippen molar-refractivity contribution >= 4 is 23.2 Å². The summed E-state index contributed by atoms with van der Waals surface area (Å²) in [4.78, 5) is 31.4. The van der Waals surface area contributed by atoms with Gasteiger partial charge in [-0.05, 0) is 60.7 Å². The van der Waals surface area contributed by atoms with Crippen LogP contribution in [0.2, 0.25) is 0 Å². The van der Waals surface area contributed by atoms with Gasteiger partial charge in [0.2, 0.25) is 5.91 Å². The van der Waals surface area contributed by atoms with E-state index in [-0.39, 0.29) is 24.1 Å². The molecule has 5 rings (SSSR count). The predicted molar refractivity (Wildman–Crippen MR) is 124 cm³/mol. The highest BCUT2D eigenvalue weighted by Gasteiger charge is 2.43. The van der Waals surface area contributed by atoms with Crippen LogP contribution >= 0.6 is 0 Å². The molecule has 0 saturated carbocycles. The van der Waals surface area contributed by atoms with E-state index in [4.69, 9.17) is 4.74 Å². The molecular weight excluding hydrogens is 421 g/mol. The quantitative estimate of drug-likeness (QED) is 0.554. The fourth-order valence-corrected chi connectivity index (χ4v) is 4.40. The number of imide groups is 1. The van der Waals surface area contributed by atoms with Crippen molar-refractivity contribution in [1.82, 2.24) is 4.90 Å². The number of hydrogen-bond donors (Lipinski definition) is 0. The molecule has 33 heavy (non-hydrogen) atoms. The summed E-state index contributed by atoms with van der Waals surface area (Å²) in [5, 5.41) is 0. The number of amides is 2. The van der Waals surface area contributed by atoms with Crippen molar-refractivity contribution in [3.8, 4) is 11.5 Å². The van der Waals surface area contributed by atoms with Gasteiger partial charge in [-0.3, -0.25) is 14.5 Å². The molecule has 0 aliphatic carbocycles. The Morgan fingerprint density at radius 2 is 1.33 bits per heavy atom. The van der Waals surface area contributed by atoms with Crippen molar-refractivity contribution < 1.29 is 18.7 Å². The topological polar surface area (TPSA) is 53.1 Å². The van der Waals surface area contributed by atoms with Crippen LogP contribution in [0.25, 0.3) is 0 Å². The van der Waals surface area contributed by atoms with Crippen LogP contribution in [0, 0.1) is 5.82 Å². The van der Waals surface area contributed by atoms with E-state index in [0.29, 0.717) is 24.5 Å². The molecule has 1 atom stereocenters. The van der Waals surface area contributed by atoms with Crippen LogP contribution < -0.4 is 14.5 Å². The van der Waals surface area contributed by atoms with Gasteiger partial charge in [0, 0.05) is 31.9 Å². The Labute approximate surface area is 191 Å². The molecule has 2 amide bonds. The lowest BCUT2D eigenvalue weighted by molar-refractivity contribution is -0.123. The molecule has 168 valence electrons. The first kappa shape index (κ1) is 21.2. The summed E-state index contributed by atoms with van der Waals surface area (Å²) >= 11 is 0. The monoisotopic (exact) mass is 445 g/mol. The number of para-hydroxylation sites is 1. The molecule has 0 aromatic heterocycles. The molecular formula is C26H24FN3O3. The van der Waals surface area contributed by atoms with Crippen LogP contribution in [0.15, 0.2) is 78.9 Å². The number of benzene rings is 3. The third-order valence-electron chi connectivity index (χ3n) is 6.14. The molecule has 0 spiro atoms. The number of rotatable bonds is 5. The number of nitrogens with zero attached hydrogens (tertiary/aromatic N) is 3. The highest BCUT2D eigenvalue weighted by atomic mass is 19.1. The van der Waals surface area contributed by atoms with Gasteiger partial charge in [-0.2, -0.15) is 0 Å². The average Bonchev–Trinajstić information content (AvgIpc) is 3.15. The lowest BCUT2D eigenvalue weighted by atomic mass is 10.1. The average molecular weight is 445 g/mol. The number of halogens is 1. The fourth-order valence-electron chi connectivity index (χ4n) is 4.40. The van der Waals surface area contributed by atoms with Gasteiger partial charge in [-0.15, -0.1) is 0 Å². The van der Waals surface area contributed by atoms with Crippen molar-refractivity contribution in [2.75, 3.05) is 36.0 Å². The van der Waals surface area contributed by atoms with E-state index in [0.717, 1.165) is 24.5 Å². The Hall–Kier alpha value is -3.71. The number of anilines is 2. The molecule has 7 heteroatoms. The maximum absolute atomic E-state index is 13.2. The highest BCUT2D eigenvalue weighted by Crippen LogP contribution is 2.30. The SMILES string of the molecule is O=C1C[C@@H](N2CCN(c3ccc(F)cc3)CC2)C(=O)N1c1ccc(Oc2ccccc2)cc1. The van der Waals surface area contributed by atoms with E-state index >= 15 is 0 Å². The molecule has 2 aliphatic rings. The number of hydrogen-bond acceptors (Lipinski definition) is 5. The number of piperazine rings is 1. The molecule has 3 aromatic carbocycles. The largest absolute Gasteiger partial charge is 0.457 e. The molecule has 2 heterocycles. The molecule has 2 aliphatic heterocycles. The van der Waals surface area contributed by atoms with Crippen molar-refractivity contribution in [1.29, 1.82) is 0 Å². The van der Waals surface area contributed by atoms with Gasteiger partial charge in [-0.1, -0.05) is 18.2 Å². The Morgan fingerprint density at radius 1 is 0.727 bits per heavy atom. The smallest absolute Gasteiger partial charge is 0.251 e. The Morgan fingerprint density at radius 3 is 2.00 bits per heavy atom. The Bertz CT molecular complexity index is 1130. The first-order valence-corrected chi connectivity index (χ1v) is 11.0. The van der Waals surface area contributed by atoms with Gasteiger partial charge in [0.05, 0.1) is 18.2 Å². The summed E-state index contributed by atoms with van der Waals surface area (Å²) < 4.78 is 19.0. The summed E-state index contributed by atoms with van der Waals surface area (Å²) in [5.74, 6) is 0.720. The van der Waals surface area contributed by atoms with Gasteiger partial charge in [0.25, 0.3) is 5.91 Å². The maximum Gasteiger partial charge on any atom is 0.251 e. The normalized spacial score (nSPS) is 19.2. The van der Waals surface area contributed by atoms with Crippen LogP contribution in [0.4, 0.5) is 15.8 Å². The second-order valence-electron chi connectivity index (χ2n) is 8.20. The third kappa shape index (κ3) is 4.45. The number of ether oxygens (including phenoxy) is 1. The zero-order valence-electron chi connectivity index (χ0n) is 18.1. The van der Waals surface area contributed by atoms with E-state index in [1.807, 2.05) is 30.3 Å². The zero-order valence-corrected chi connectivity index (χ0v) is 18.1. The first-order valence-electron chi connectivity index (χ1n) is 11.0. The van der Waals surface area contributed by atoms with E-state index < -0.39 is 6.04 Å². The van der Waals surface area contributed by atoms with Crippen molar-refractivity contribution in [3.63, 3.8) is 0 Å². The lowest BCUT2D eigenvalue weighted by Gasteiger charge is -2.38. The van der Waals surface area contributed by atoms with Crippen LogP contribution in [0.5, 0.6) is 11.5 Å². The van der Waals surface area contributed by atoms with Crippen molar-refractivity contribution in [2.45, 2.75) is 12.5 Å².